The van der Waals surface area contributed by atoms with Gasteiger partial charge in [-0.3, -0.25) is 0 Å². The smallest absolute Gasteiger partial charge is 0.244 e. The first kappa shape index (κ1) is 21.1. The highest BCUT2D eigenvalue weighted by atomic mass is 32.2. The highest BCUT2D eigenvalue weighted by Crippen LogP contribution is 2.41. The second kappa shape index (κ2) is 8.31. The molecule has 164 valence electrons. The molecule has 7 heteroatoms. The molecule has 0 bridgehead atoms. The topological polar surface area (TPSA) is 62.4 Å². The number of hydrogen-bond acceptors (Lipinski definition) is 4. The number of nitrogens with one attached hydrogen (secondary N) is 1. The van der Waals surface area contributed by atoms with Gasteiger partial charge in [0.05, 0.1) is 18.0 Å². The van der Waals surface area contributed by atoms with Crippen molar-refractivity contribution in [1.82, 2.24) is 9.29 Å². The highest BCUT2D eigenvalue weighted by Gasteiger charge is 2.39. The molecule has 0 aliphatic carbocycles. The molecule has 1 aliphatic heterocycles. The molecule has 32 heavy (non-hydrogen) atoms. The summed E-state index contributed by atoms with van der Waals surface area (Å²) >= 11 is 1.67. The first-order valence-electron chi connectivity index (χ1n) is 10.4. The van der Waals surface area contributed by atoms with Crippen LogP contribution in [0.5, 0.6) is 5.75 Å². The Balaban J connectivity index is 1.67. The molecule has 5 nitrogen and oxygen atoms in total. The predicted octanol–water partition coefficient (Wildman–Crippen LogP) is 5.23. The van der Waals surface area contributed by atoms with Gasteiger partial charge in [-0.2, -0.15) is 4.31 Å². The van der Waals surface area contributed by atoms with Crippen LogP contribution >= 0.6 is 11.8 Å². The van der Waals surface area contributed by atoms with E-state index in [-0.39, 0.29) is 4.90 Å². The van der Waals surface area contributed by atoms with E-state index in [4.69, 9.17) is 4.74 Å². The van der Waals surface area contributed by atoms with Gasteiger partial charge < -0.3 is 9.72 Å². The third-order valence-corrected chi connectivity index (χ3v) is 8.71. The number of methoxy groups -OCH3 is 1. The highest BCUT2D eigenvalue weighted by molar-refractivity contribution is 7.98. The van der Waals surface area contributed by atoms with Crippen molar-refractivity contribution >= 4 is 32.7 Å². The fourth-order valence-electron chi connectivity index (χ4n) is 4.48. The first-order valence-corrected chi connectivity index (χ1v) is 13.1. The summed E-state index contributed by atoms with van der Waals surface area (Å²) in [5.41, 5.74) is 4.13. The van der Waals surface area contributed by atoms with Crippen molar-refractivity contribution in [2.24, 2.45) is 0 Å². The number of nitrogens with zero attached hydrogens (tertiary/aromatic N) is 1. The zero-order valence-corrected chi connectivity index (χ0v) is 19.5. The van der Waals surface area contributed by atoms with Gasteiger partial charge in [0, 0.05) is 28.0 Å². The van der Waals surface area contributed by atoms with Crippen molar-refractivity contribution in [1.29, 1.82) is 0 Å². The van der Waals surface area contributed by atoms with Crippen LogP contribution in [0.1, 0.15) is 22.9 Å². The Kier molecular flexibility index (Phi) is 5.49. The molecule has 1 aliphatic rings. The number of hydrogen-bond donors (Lipinski definition) is 1. The summed E-state index contributed by atoms with van der Waals surface area (Å²) in [6, 6.07) is 22.5. The van der Waals surface area contributed by atoms with E-state index < -0.39 is 16.1 Å². The maximum absolute atomic E-state index is 13.8. The third kappa shape index (κ3) is 3.50. The van der Waals surface area contributed by atoms with Gasteiger partial charge in [0.25, 0.3) is 0 Å². The van der Waals surface area contributed by atoms with Gasteiger partial charge in [0.2, 0.25) is 10.0 Å². The lowest BCUT2D eigenvalue weighted by molar-refractivity contribution is 0.340. The molecule has 0 saturated heterocycles. The van der Waals surface area contributed by atoms with E-state index in [1.54, 1.807) is 47.4 Å². The molecule has 4 aromatic rings. The molecule has 3 aromatic carbocycles. The summed E-state index contributed by atoms with van der Waals surface area (Å²) in [7, 11) is -2.16. The Morgan fingerprint density at radius 1 is 1.00 bits per heavy atom. The van der Waals surface area contributed by atoms with Crippen molar-refractivity contribution < 1.29 is 13.2 Å². The zero-order valence-electron chi connectivity index (χ0n) is 17.9. The molecule has 0 radical (unpaired) electrons. The second-order valence-corrected chi connectivity index (χ2v) is 10.6. The Hall–Kier alpha value is -2.74. The number of thioether (sulfide) groups is 1. The Morgan fingerprint density at radius 2 is 1.72 bits per heavy atom. The number of ether oxygens (including phenoxy) is 1. The molecule has 0 amide bonds. The van der Waals surface area contributed by atoms with E-state index in [9.17, 15) is 8.42 Å². The minimum Gasteiger partial charge on any atom is -0.497 e. The third-order valence-electron chi connectivity index (χ3n) is 6.09. The molecule has 2 heterocycles. The van der Waals surface area contributed by atoms with Crippen molar-refractivity contribution in [2.45, 2.75) is 22.3 Å². The van der Waals surface area contributed by atoms with E-state index in [1.807, 2.05) is 36.6 Å². The van der Waals surface area contributed by atoms with Crippen LogP contribution in [0.25, 0.3) is 10.9 Å². The molecular weight excluding hydrogens is 440 g/mol. The van der Waals surface area contributed by atoms with Gasteiger partial charge >= 0.3 is 0 Å². The fourth-order valence-corrected chi connectivity index (χ4v) is 6.48. The van der Waals surface area contributed by atoms with Gasteiger partial charge in [-0.15, -0.1) is 11.8 Å². The number of sulfonamides is 1. The normalized spacial score (nSPS) is 16.8. The van der Waals surface area contributed by atoms with E-state index in [0.717, 1.165) is 27.1 Å². The number of para-hydroxylation sites is 1. The van der Waals surface area contributed by atoms with Crippen LogP contribution in [0, 0.1) is 0 Å². The van der Waals surface area contributed by atoms with Crippen LogP contribution in [-0.2, 0) is 16.4 Å². The van der Waals surface area contributed by atoms with Crippen LogP contribution in [0.3, 0.4) is 0 Å². The zero-order chi connectivity index (χ0) is 22.3. The summed E-state index contributed by atoms with van der Waals surface area (Å²) in [6.07, 6.45) is 2.69. The van der Waals surface area contributed by atoms with Crippen LogP contribution < -0.4 is 4.74 Å². The van der Waals surface area contributed by atoms with Crippen LogP contribution in [-0.4, -0.2) is 37.6 Å². The average molecular weight is 465 g/mol. The number of aromatic nitrogens is 1. The summed E-state index contributed by atoms with van der Waals surface area (Å²) in [4.78, 5) is 4.95. The Morgan fingerprint density at radius 3 is 2.41 bits per heavy atom. The van der Waals surface area contributed by atoms with E-state index in [1.165, 1.54) is 5.56 Å². The number of fused-ring (bicyclic) bond motifs is 3. The molecule has 1 N–H and O–H groups in total. The second-order valence-electron chi connectivity index (χ2n) is 7.78. The number of aromatic amines is 1. The van der Waals surface area contributed by atoms with Crippen molar-refractivity contribution in [3.63, 3.8) is 0 Å². The lowest BCUT2D eigenvalue weighted by Crippen LogP contribution is -2.40. The van der Waals surface area contributed by atoms with Crippen LogP contribution in [0.2, 0.25) is 0 Å². The van der Waals surface area contributed by atoms with Crippen LogP contribution in [0.4, 0.5) is 0 Å². The summed E-state index contributed by atoms with van der Waals surface area (Å²) in [5, 5.41) is 1.16. The first-order chi connectivity index (χ1) is 15.5. The molecule has 1 atom stereocenters. The maximum atomic E-state index is 13.8. The maximum Gasteiger partial charge on any atom is 0.244 e. The molecule has 0 spiro atoms. The summed E-state index contributed by atoms with van der Waals surface area (Å²) in [6.45, 7) is 0.415. The number of H-pyrrole nitrogens is 1. The van der Waals surface area contributed by atoms with Crippen molar-refractivity contribution in [2.75, 3.05) is 19.9 Å². The standard InChI is InChI=1S/C25H24N2O3S2/c1-30-18-9-13-20(14-10-18)32(28,29)27-16-15-22-21-5-3-4-6-23(21)26-24(22)25(27)17-7-11-19(31-2)12-8-17/h3-14,25-26H,15-16H2,1-2H3/t25-/m0/s1. The molecule has 0 saturated carbocycles. The van der Waals surface area contributed by atoms with E-state index in [0.29, 0.717) is 18.7 Å². The molecule has 0 fully saturated rings. The van der Waals surface area contributed by atoms with Gasteiger partial charge in [-0.05, 0) is 66.3 Å². The SMILES string of the molecule is COc1ccc(S(=O)(=O)N2CCc3c([nH]c4ccccc34)[C@@H]2c2ccc(SC)cc2)cc1. The Labute approximate surface area is 192 Å². The monoisotopic (exact) mass is 464 g/mol. The fraction of sp³-hybridized carbons (Fsp3) is 0.200. The van der Waals surface area contributed by atoms with Gasteiger partial charge in [-0.1, -0.05) is 30.3 Å². The minimum absolute atomic E-state index is 0.267. The molecular formula is C25H24N2O3S2. The Bertz CT molecular complexity index is 1360. The summed E-state index contributed by atoms with van der Waals surface area (Å²) in [5.74, 6) is 0.629. The van der Waals surface area contributed by atoms with Crippen LogP contribution in [0.15, 0.2) is 82.6 Å². The molecule has 1 aromatic heterocycles. The number of rotatable bonds is 5. The average Bonchev–Trinajstić information content (AvgIpc) is 3.22. The molecule has 0 unspecified atom stereocenters. The predicted molar refractivity (Wildman–Crippen MR) is 129 cm³/mol. The largest absolute Gasteiger partial charge is 0.497 e. The van der Waals surface area contributed by atoms with E-state index in [2.05, 4.69) is 23.2 Å². The van der Waals surface area contributed by atoms with Crippen molar-refractivity contribution in [3.05, 3.63) is 89.6 Å². The summed E-state index contributed by atoms with van der Waals surface area (Å²) < 4.78 is 34.4. The lowest BCUT2D eigenvalue weighted by Gasteiger charge is -2.35. The van der Waals surface area contributed by atoms with Gasteiger partial charge in [0.1, 0.15) is 5.75 Å². The number of benzene rings is 3. The minimum atomic E-state index is -3.73. The quantitative estimate of drug-likeness (QED) is 0.411. The lowest BCUT2D eigenvalue weighted by atomic mass is 9.94. The van der Waals surface area contributed by atoms with Gasteiger partial charge in [0.15, 0.2) is 0 Å². The van der Waals surface area contributed by atoms with Crippen molar-refractivity contribution in [3.8, 4) is 5.75 Å². The molecule has 5 rings (SSSR count). The van der Waals surface area contributed by atoms with Gasteiger partial charge in [-0.25, -0.2) is 8.42 Å². The van der Waals surface area contributed by atoms with E-state index >= 15 is 0 Å².